The maximum Gasteiger partial charge on any atom is 0.321 e. The van der Waals surface area contributed by atoms with Gasteiger partial charge in [-0.15, -0.1) is 0 Å². The number of carboxylic acid groups (broad SMARTS) is 1. The average Bonchev–Trinajstić information content (AvgIpc) is 2.43. The van der Waals surface area contributed by atoms with E-state index in [-0.39, 0.29) is 12.5 Å². The molecule has 114 valence electrons. The summed E-state index contributed by atoms with van der Waals surface area (Å²) in [7, 11) is 0. The molecule has 5 nitrogen and oxygen atoms in total. The van der Waals surface area contributed by atoms with E-state index in [0.717, 1.165) is 22.6 Å². The first-order valence-electron chi connectivity index (χ1n) is 6.89. The second kappa shape index (κ2) is 6.95. The van der Waals surface area contributed by atoms with Crippen molar-refractivity contribution in [3.8, 4) is 0 Å². The summed E-state index contributed by atoms with van der Waals surface area (Å²) < 4.78 is 0. The van der Waals surface area contributed by atoms with E-state index in [1.807, 2.05) is 32.0 Å². The van der Waals surface area contributed by atoms with Gasteiger partial charge in [-0.1, -0.05) is 12.1 Å². The van der Waals surface area contributed by atoms with Crippen LogP contribution in [0, 0.1) is 13.8 Å². The molecule has 0 radical (unpaired) electrons. The second-order valence-corrected chi connectivity index (χ2v) is 6.42. The van der Waals surface area contributed by atoms with E-state index in [1.54, 1.807) is 16.7 Å². The fourth-order valence-electron chi connectivity index (χ4n) is 2.30. The summed E-state index contributed by atoms with van der Waals surface area (Å²) in [5, 5.41) is 12.1. The number of amides is 1. The van der Waals surface area contributed by atoms with Crippen molar-refractivity contribution in [1.29, 1.82) is 0 Å². The highest BCUT2D eigenvalue weighted by atomic mass is 32.2. The zero-order valence-corrected chi connectivity index (χ0v) is 13.1. The van der Waals surface area contributed by atoms with Gasteiger partial charge in [0.2, 0.25) is 5.91 Å². The Labute approximate surface area is 128 Å². The molecule has 1 saturated heterocycles. The highest BCUT2D eigenvalue weighted by Crippen LogP contribution is 2.18. The number of anilines is 1. The normalized spacial score (nSPS) is 19.2. The molecule has 1 heterocycles. The number of nitrogens with zero attached hydrogens (tertiary/aromatic N) is 1. The first-order valence-corrected chi connectivity index (χ1v) is 8.04. The van der Waals surface area contributed by atoms with Crippen molar-refractivity contribution in [3.05, 3.63) is 29.3 Å². The predicted octanol–water partition coefficient (Wildman–Crippen LogP) is 1.74. The van der Waals surface area contributed by atoms with E-state index >= 15 is 0 Å². The molecule has 21 heavy (non-hydrogen) atoms. The van der Waals surface area contributed by atoms with Crippen molar-refractivity contribution in [2.45, 2.75) is 19.9 Å². The third-order valence-corrected chi connectivity index (χ3v) is 4.56. The fraction of sp³-hybridized carbons (Fsp3) is 0.467. The Morgan fingerprint density at radius 3 is 2.90 bits per heavy atom. The van der Waals surface area contributed by atoms with Crippen molar-refractivity contribution < 1.29 is 14.7 Å². The van der Waals surface area contributed by atoms with Crippen LogP contribution in [0.1, 0.15) is 11.1 Å². The Balaban J connectivity index is 2.00. The van der Waals surface area contributed by atoms with Crippen LogP contribution < -0.4 is 5.32 Å². The summed E-state index contributed by atoms with van der Waals surface area (Å²) in [5.41, 5.74) is 2.87. The largest absolute Gasteiger partial charge is 0.480 e. The standard InChI is InChI=1S/C15H20N2O3S/c1-10-3-4-11(2)12(7-10)16-14(18)8-17-5-6-21-9-13(17)15(19)20/h3-4,7,13H,5-6,8-9H2,1-2H3,(H,16,18)(H,19,20). The molecule has 1 aromatic carbocycles. The molecule has 0 spiro atoms. The minimum Gasteiger partial charge on any atom is -0.480 e. The SMILES string of the molecule is Cc1ccc(C)c(NC(=O)CN2CCSCC2C(=O)O)c1. The lowest BCUT2D eigenvalue weighted by molar-refractivity contribution is -0.142. The third-order valence-electron chi connectivity index (χ3n) is 3.54. The van der Waals surface area contributed by atoms with Gasteiger partial charge in [0.05, 0.1) is 6.54 Å². The van der Waals surface area contributed by atoms with Crippen LogP contribution in [0.25, 0.3) is 0 Å². The van der Waals surface area contributed by atoms with Gasteiger partial charge in [-0.05, 0) is 31.0 Å². The number of rotatable bonds is 4. The van der Waals surface area contributed by atoms with Crippen molar-refractivity contribution in [2.75, 3.05) is 29.9 Å². The van der Waals surface area contributed by atoms with Crippen LogP contribution in [0.4, 0.5) is 5.69 Å². The smallest absolute Gasteiger partial charge is 0.321 e. The summed E-state index contributed by atoms with van der Waals surface area (Å²) in [6, 6.07) is 5.30. The van der Waals surface area contributed by atoms with Crippen LogP contribution in [0.15, 0.2) is 18.2 Å². The molecule has 0 bridgehead atoms. The number of carbonyl (C=O) groups excluding carboxylic acids is 1. The quantitative estimate of drug-likeness (QED) is 0.887. The molecular formula is C15H20N2O3S. The molecule has 0 aliphatic carbocycles. The van der Waals surface area contributed by atoms with Gasteiger partial charge < -0.3 is 10.4 Å². The number of aliphatic carboxylic acids is 1. The van der Waals surface area contributed by atoms with Crippen molar-refractivity contribution in [1.82, 2.24) is 4.90 Å². The van der Waals surface area contributed by atoms with Gasteiger partial charge in [0.1, 0.15) is 6.04 Å². The molecular weight excluding hydrogens is 288 g/mol. The number of thioether (sulfide) groups is 1. The fourth-order valence-corrected chi connectivity index (χ4v) is 3.41. The molecule has 0 aromatic heterocycles. The van der Waals surface area contributed by atoms with E-state index in [9.17, 15) is 14.7 Å². The molecule has 1 unspecified atom stereocenters. The zero-order chi connectivity index (χ0) is 15.4. The lowest BCUT2D eigenvalue weighted by Crippen LogP contribution is -2.50. The second-order valence-electron chi connectivity index (χ2n) is 5.27. The number of aryl methyl sites for hydroxylation is 2. The van der Waals surface area contributed by atoms with Crippen LogP contribution in [0.5, 0.6) is 0 Å². The molecule has 1 amide bonds. The lowest BCUT2D eigenvalue weighted by Gasteiger charge is -2.31. The highest BCUT2D eigenvalue weighted by Gasteiger charge is 2.30. The number of hydrogen-bond acceptors (Lipinski definition) is 4. The van der Waals surface area contributed by atoms with Crippen molar-refractivity contribution >= 4 is 29.3 Å². The molecule has 0 saturated carbocycles. The molecule has 1 aliphatic heterocycles. The Morgan fingerprint density at radius 2 is 2.19 bits per heavy atom. The molecule has 2 N–H and O–H groups in total. The monoisotopic (exact) mass is 308 g/mol. The molecule has 1 fully saturated rings. The van der Waals surface area contributed by atoms with E-state index in [4.69, 9.17) is 0 Å². The van der Waals surface area contributed by atoms with Gasteiger partial charge in [-0.2, -0.15) is 11.8 Å². The van der Waals surface area contributed by atoms with Crippen LogP contribution >= 0.6 is 11.8 Å². The minimum atomic E-state index is -0.860. The lowest BCUT2D eigenvalue weighted by atomic mass is 10.1. The van der Waals surface area contributed by atoms with Gasteiger partial charge in [0.25, 0.3) is 0 Å². The van der Waals surface area contributed by atoms with E-state index in [1.165, 1.54) is 0 Å². The minimum absolute atomic E-state index is 0.116. The zero-order valence-electron chi connectivity index (χ0n) is 12.3. The van der Waals surface area contributed by atoms with Gasteiger partial charge >= 0.3 is 5.97 Å². The van der Waals surface area contributed by atoms with Crippen LogP contribution in [-0.2, 0) is 9.59 Å². The van der Waals surface area contributed by atoms with E-state index in [0.29, 0.717) is 12.3 Å². The van der Waals surface area contributed by atoms with Gasteiger partial charge in [-0.3, -0.25) is 14.5 Å². The Kier molecular flexibility index (Phi) is 5.25. The van der Waals surface area contributed by atoms with E-state index < -0.39 is 12.0 Å². The Hall–Kier alpha value is -1.53. The first kappa shape index (κ1) is 15.9. The number of carboxylic acids is 1. The predicted molar refractivity (Wildman–Crippen MR) is 84.9 cm³/mol. The van der Waals surface area contributed by atoms with Crippen molar-refractivity contribution in [3.63, 3.8) is 0 Å². The molecule has 1 aromatic rings. The number of benzene rings is 1. The summed E-state index contributed by atoms with van der Waals surface area (Å²) in [5.74, 6) is 0.371. The maximum absolute atomic E-state index is 12.2. The Bertz CT molecular complexity index is 548. The number of hydrogen-bond donors (Lipinski definition) is 2. The maximum atomic E-state index is 12.2. The Morgan fingerprint density at radius 1 is 1.43 bits per heavy atom. The topological polar surface area (TPSA) is 69.6 Å². The van der Waals surface area contributed by atoms with Gasteiger partial charge in [0.15, 0.2) is 0 Å². The van der Waals surface area contributed by atoms with Crippen LogP contribution in [0.2, 0.25) is 0 Å². The molecule has 1 aliphatic rings. The first-order chi connectivity index (χ1) is 9.97. The van der Waals surface area contributed by atoms with Crippen LogP contribution in [0.3, 0.4) is 0 Å². The number of nitrogens with one attached hydrogen (secondary N) is 1. The average molecular weight is 308 g/mol. The molecule has 1 atom stereocenters. The van der Waals surface area contributed by atoms with Gasteiger partial charge in [-0.25, -0.2) is 0 Å². The number of carbonyl (C=O) groups is 2. The van der Waals surface area contributed by atoms with Gasteiger partial charge in [0, 0.05) is 23.7 Å². The summed E-state index contributed by atoms with van der Waals surface area (Å²) >= 11 is 1.62. The van der Waals surface area contributed by atoms with E-state index in [2.05, 4.69) is 5.32 Å². The third kappa shape index (κ3) is 4.22. The van der Waals surface area contributed by atoms with Crippen molar-refractivity contribution in [2.24, 2.45) is 0 Å². The molecule has 2 rings (SSSR count). The summed E-state index contributed by atoms with van der Waals surface area (Å²) in [4.78, 5) is 25.1. The molecule has 6 heteroatoms. The highest BCUT2D eigenvalue weighted by molar-refractivity contribution is 7.99. The van der Waals surface area contributed by atoms with Crippen LogP contribution in [-0.4, -0.2) is 52.5 Å². The summed E-state index contributed by atoms with van der Waals surface area (Å²) in [6.45, 7) is 4.65. The summed E-state index contributed by atoms with van der Waals surface area (Å²) in [6.07, 6.45) is 0.